The van der Waals surface area contributed by atoms with Gasteiger partial charge in [-0.15, -0.1) is 13.2 Å². The fourth-order valence-corrected chi connectivity index (χ4v) is 4.55. The van der Waals surface area contributed by atoms with Crippen molar-refractivity contribution in [2.45, 2.75) is 19.3 Å². The van der Waals surface area contributed by atoms with Crippen molar-refractivity contribution in [2.75, 3.05) is 26.1 Å². The molecule has 0 bridgehead atoms. The minimum atomic E-state index is -4.81. The molecule has 3 aromatic carbocycles. The van der Waals surface area contributed by atoms with Crippen LogP contribution in [0.15, 0.2) is 77.2 Å². The number of carbonyl (C=O) groups is 2. The summed E-state index contributed by atoms with van der Waals surface area (Å²) in [7, 11) is 3.16. The first kappa shape index (κ1) is 27.6. The van der Waals surface area contributed by atoms with Crippen LogP contribution in [-0.4, -0.2) is 43.8 Å². The molecule has 0 saturated heterocycles. The van der Waals surface area contributed by atoms with Crippen molar-refractivity contribution in [2.24, 2.45) is 0 Å². The normalized spacial score (nSPS) is 12.9. The van der Waals surface area contributed by atoms with Crippen molar-refractivity contribution in [1.82, 2.24) is 4.90 Å². The minimum Gasteiger partial charge on any atom is -0.493 e. The Morgan fingerprint density at radius 3 is 2.17 bits per heavy atom. The van der Waals surface area contributed by atoms with E-state index >= 15 is 0 Å². The minimum absolute atomic E-state index is 0.163. The van der Waals surface area contributed by atoms with Crippen molar-refractivity contribution in [3.63, 3.8) is 0 Å². The molecule has 0 aliphatic carbocycles. The summed E-state index contributed by atoms with van der Waals surface area (Å²) in [4.78, 5) is 27.4. The van der Waals surface area contributed by atoms with Gasteiger partial charge in [-0.05, 0) is 90.3 Å². The van der Waals surface area contributed by atoms with Crippen LogP contribution in [0, 0.1) is 0 Å². The second-order valence-corrected chi connectivity index (χ2v) is 9.22. The molecular weight excluding hydrogens is 541 g/mol. The highest BCUT2D eigenvalue weighted by atomic mass is 19.4. The molecule has 0 atom stereocenters. The van der Waals surface area contributed by atoms with E-state index in [1.165, 1.54) is 12.1 Å². The fourth-order valence-electron chi connectivity index (χ4n) is 4.55. The second-order valence-electron chi connectivity index (χ2n) is 9.22. The molecule has 1 aliphatic rings. The van der Waals surface area contributed by atoms with E-state index in [4.69, 9.17) is 13.9 Å². The molecular formula is C30H25F3N2O6. The number of nitrogens with one attached hydrogen (secondary N) is 1. The summed E-state index contributed by atoms with van der Waals surface area (Å²) in [5.74, 6) is 0.804. The molecule has 11 heteroatoms. The third-order valence-electron chi connectivity index (χ3n) is 6.60. The highest BCUT2D eigenvalue weighted by Crippen LogP contribution is 2.34. The number of ether oxygens (including phenoxy) is 3. The van der Waals surface area contributed by atoms with Crippen molar-refractivity contribution in [3.05, 3.63) is 95.2 Å². The third-order valence-corrected chi connectivity index (χ3v) is 6.60. The van der Waals surface area contributed by atoms with Crippen LogP contribution in [0.2, 0.25) is 0 Å². The van der Waals surface area contributed by atoms with Crippen LogP contribution in [0.3, 0.4) is 0 Å². The number of benzene rings is 3. The van der Waals surface area contributed by atoms with Crippen molar-refractivity contribution in [1.29, 1.82) is 0 Å². The molecule has 41 heavy (non-hydrogen) atoms. The molecule has 2 amide bonds. The predicted octanol–water partition coefficient (Wildman–Crippen LogP) is 6.31. The lowest BCUT2D eigenvalue weighted by atomic mass is 9.98. The molecule has 4 aromatic rings. The average molecular weight is 567 g/mol. The Hall–Kier alpha value is -4.93. The molecule has 1 aromatic heterocycles. The molecule has 8 nitrogen and oxygen atoms in total. The van der Waals surface area contributed by atoms with E-state index in [0.717, 1.165) is 23.3 Å². The van der Waals surface area contributed by atoms with Gasteiger partial charge in [0.1, 0.15) is 11.5 Å². The molecule has 0 fully saturated rings. The van der Waals surface area contributed by atoms with Crippen molar-refractivity contribution >= 4 is 17.5 Å². The Balaban J connectivity index is 1.22. The number of anilines is 1. The first-order chi connectivity index (χ1) is 19.6. The van der Waals surface area contributed by atoms with Crippen LogP contribution < -0.4 is 19.5 Å². The van der Waals surface area contributed by atoms with Gasteiger partial charge in [0.2, 0.25) is 0 Å². The van der Waals surface area contributed by atoms with Gasteiger partial charge >= 0.3 is 6.36 Å². The van der Waals surface area contributed by atoms with E-state index in [1.807, 2.05) is 12.1 Å². The van der Waals surface area contributed by atoms with Gasteiger partial charge in [-0.1, -0.05) is 0 Å². The van der Waals surface area contributed by atoms with Gasteiger partial charge in [-0.3, -0.25) is 9.59 Å². The molecule has 5 rings (SSSR count). The SMILES string of the molecule is COc1cc2c(cc1OC)CN(C(=O)c1ccc(-c3ccc(NC(=O)c4ccc(OC(F)(F)F)cc4)cc3)o1)CC2. The second kappa shape index (κ2) is 11.3. The number of amides is 2. The summed E-state index contributed by atoms with van der Waals surface area (Å²) in [5, 5.41) is 2.68. The summed E-state index contributed by atoms with van der Waals surface area (Å²) in [6.45, 7) is 0.945. The van der Waals surface area contributed by atoms with Gasteiger partial charge in [-0.2, -0.15) is 0 Å². The van der Waals surface area contributed by atoms with E-state index in [-0.39, 0.29) is 17.2 Å². The number of furan rings is 1. The van der Waals surface area contributed by atoms with Crippen LogP contribution >= 0.6 is 0 Å². The summed E-state index contributed by atoms with van der Waals surface area (Å²) in [5.41, 5.74) is 3.41. The van der Waals surface area contributed by atoms with Crippen LogP contribution in [0.5, 0.6) is 17.2 Å². The molecule has 1 aliphatic heterocycles. The monoisotopic (exact) mass is 566 g/mol. The summed E-state index contributed by atoms with van der Waals surface area (Å²) in [6.07, 6.45) is -4.13. The largest absolute Gasteiger partial charge is 0.573 e. The smallest absolute Gasteiger partial charge is 0.493 e. The van der Waals surface area contributed by atoms with Crippen LogP contribution in [0.1, 0.15) is 32.0 Å². The zero-order valence-electron chi connectivity index (χ0n) is 22.1. The Bertz CT molecular complexity index is 1560. The number of fused-ring (bicyclic) bond motifs is 1. The van der Waals surface area contributed by atoms with Crippen LogP contribution in [0.4, 0.5) is 18.9 Å². The summed E-state index contributed by atoms with van der Waals surface area (Å²) in [6, 6.07) is 18.5. The Labute approximate surface area is 233 Å². The van der Waals surface area contributed by atoms with Gasteiger partial charge in [0.15, 0.2) is 17.3 Å². The standard InChI is InChI=1S/C30H25F3N2O6/c1-38-26-15-20-13-14-35(17-21(20)16-27(26)39-2)29(37)25-12-11-24(40-25)18-3-7-22(8-4-18)34-28(36)19-5-9-23(10-6-19)41-30(31,32)33/h3-12,15-16H,13-14,17H2,1-2H3,(H,34,36). The Morgan fingerprint density at radius 1 is 0.878 bits per heavy atom. The number of halogens is 3. The lowest BCUT2D eigenvalue weighted by molar-refractivity contribution is -0.274. The number of hydrogen-bond acceptors (Lipinski definition) is 6. The molecule has 2 heterocycles. The molecule has 0 spiro atoms. The van der Waals surface area contributed by atoms with Gasteiger partial charge < -0.3 is 28.8 Å². The van der Waals surface area contributed by atoms with E-state index in [9.17, 15) is 22.8 Å². The highest BCUT2D eigenvalue weighted by molar-refractivity contribution is 6.04. The molecule has 1 N–H and O–H groups in total. The van der Waals surface area contributed by atoms with E-state index in [2.05, 4.69) is 10.1 Å². The number of alkyl halides is 3. The molecule has 212 valence electrons. The average Bonchev–Trinajstić information content (AvgIpc) is 3.46. The van der Waals surface area contributed by atoms with E-state index in [0.29, 0.717) is 48.0 Å². The van der Waals surface area contributed by atoms with Crippen molar-refractivity contribution in [3.8, 4) is 28.6 Å². The predicted molar refractivity (Wildman–Crippen MR) is 143 cm³/mol. The van der Waals surface area contributed by atoms with Crippen LogP contribution in [0.25, 0.3) is 11.3 Å². The number of rotatable bonds is 7. The molecule has 0 saturated carbocycles. The number of nitrogens with zero attached hydrogens (tertiary/aromatic N) is 1. The van der Waals surface area contributed by atoms with E-state index in [1.54, 1.807) is 55.5 Å². The topological polar surface area (TPSA) is 90.2 Å². The Kier molecular flexibility index (Phi) is 7.60. The quantitative estimate of drug-likeness (QED) is 0.282. The first-order valence-corrected chi connectivity index (χ1v) is 12.5. The van der Waals surface area contributed by atoms with Crippen LogP contribution in [-0.2, 0) is 13.0 Å². The zero-order chi connectivity index (χ0) is 29.1. The first-order valence-electron chi connectivity index (χ1n) is 12.5. The summed E-state index contributed by atoms with van der Waals surface area (Å²) >= 11 is 0. The van der Waals surface area contributed by atoms with Gasteiger partial charge in [0, 0.05) is 29.9 Å². The number of hydrogen-bond donors (Lipinski definition) is 1. The Morgan fingerprint density at radius 2 is 1.54 bits per heavy atom. The van der Waals surface area contributed by atoms with Gasteiger partial charge in [0.25, 0.3) is 11.8 Å². The maximum Gasteiger partial charge on any atom is 0.573 e. The number of methoxy groups -OCH3 is 2. The lowest BCUT2D eigenvalue weighted by Gasteiger charge is -2.29. The fraction of sp³-hybridized carbons (Fsp3) is 0.200. The van der Waals surface area contributed by atoms with E-state index < -0.39 is 18.0 Å². The zero-order valence-corrected chi connectivity index (χ0v) is 22.1. The lowest BCUT2D eigenvalue weighted by Crippen LogP contribution is -2.35. The maximum atomic E-state index is 13.2. The maximum absolute atomic E-state index is 13.2. The number of carbonyl (C=O) groups excluding carboxylic acids is 2. The third kappa shape index (κ3) is 6.29. The highest BCUT2D eigenvalue weighted by Gasteiger charge is 2.31. The van der Waals surface area contributed by atoms with Crippen molar-refractivity contribution < 1.29 is 41.4 Å². The van der Waals surface area contributed by atoms with Gasteiger partial charge in [-0.25, -0.2) is 0 Å². The molecule has 0 radical (unpaired) electrons. The summed E-state index contributed by atoms with van der Waals surface area (Å²) < 4.78 is 57.5. The van der Waals surface area contributed by atoms with Gasteiger partial charge in [0.05, 0.1) is 14.2 Å². The molecule has 0 unspecified atom stereocenters.